The summed E-state index contributed by atoms with van der Waals surface area (Å²) >= 11 is 0. The summed E-state index contributed by atoms with van der Waals surface area (Å²) in [5.41, 5.74) is 0. The van der Waals surface area contributed by atoms with Crippen LogP contribution in [-0.4, -0.2) is 6.21 Å². The van der Waals surface area contributed by atoms with Crippen molar-refractivity contribution in [2.75, 3.05) is 0 Å². The molecule has 0 aromatic heterocycles. The first-order valence-electron chi connectivity index (χ1n) is 2.19. The van der Waals surface area contributed by atoms with Crippen molar-refractivity contribution in [1.29, 1.82) is 0 Å². The molecule has 36 valence electrons. The number of nitrogens with two attached hydrogens (primary N) is 1. The SMILES string of the molecule is CCC/C=[NH+]/N. The minimum atomic E-state index is 1.05. The second-order valence-corrected chi connectivity index (χ2v) is 1.16. The van der Waals surface area contributed by atoms with Gasteiger partial charge < -0.3 is 0 Å². The van der Waals surface area contributed by atoms with Crippen molar-refractivity contribution in [1.82, 2.24) is 0 Å². The fourth-order valence-electron chi connectivity index (χ4n) is 0.228. The molecule has 0 saturated carbocycles. The molecule has 0 rings (SSSR count). The van der Waals surface area contributed by atoms with Gasteiger partial charge in [-0.2, -0.15) is 0 Å². The standard InChI is InChI=1S/C4H10N2/c1-2-3-4-6-5/h4H,2-3,5H2,1H3/p+1/b6-4+. The lowest BCUT2D eigenvalue weighted by atomic mass is 10.4. The highest BCUT2D eigenvalue weighted by molar-refractivity contribution is 5.49. The summed E-state index contributed by atoms with van der Waals surface area (Å²) in [6, 6.07) is 0. The van der Waals surface area contributed by atoms with E-state index in [9.17, 15) is 0 Å². The Labute approximate surface area is 38.0 Å². The van der Waals surface area contributed by atoms with Crippen LogP contribution in [0.15, 0.2) is 0 Å². The third kappa shape index (κ3) is 3.47. The van der Waals surface area contributed by atoms with Crippen molar-refractivity contribution in [3.8, 4) is 0 Å². The Morgan fingerprint density at radius 1 is 1.83 bits per heavy atom. The van der Waals surface area contributed by atoms with Crippen LogP contribution in [0, 0.1) is 0 Å². The second-order valence-electron chi connectivity index (χ2n) is 1.16. The molecule has 0 saturated heterocycles. The maximum absolute atomic E-state index is 4.91. The summed E-state index contributed by atoms with van der Waals surface area (Å²) in [6.07, 6.45) is 4.04. The molecule has 0 aliphatic heterocycles. The van der Waals surface area contributed by atoms with Gasteiger partial charge in [0.05, 0.1) is 0 Å². The van der Waals surface area contributed by atoms with Gasteiger partial charge >= 0.3 is 0 Å². The molecule has 0 atom stereocenters. The minimum Gasteiger partial charge on any atom is -0.213 e. The molecule has 0 radical (unpaired) electrons. The molecular weight excluding hydrogens is 76.1 g/mol. The summed E-state index contributed by atoms with van der Waals surface area (Å²) in [5.74, 6) is 4.91. The fourth-order valence-corrected chi connectivity index (χ4v) is 0.228. The Bertz CT molecular complexity index is 40.8. The lowest BCUT2D eigenvalue weighted by Crippen LogP contribution is -2.76. The van der Waals surface area contributed by atoms with Crippen LogP contribution in [0.25, 0.3) is 0 Å². The van der Waals surface area contributed by atoms with Crippen LogP contribution in [0.2, 0.25) is 0 Å². The van der Waals surface area contributed by atoms with E-state index in [1.807, 2.05) is 6.21 Å². The highest BCUT2D eigenvalue weighted by Crippen LogP contribution is 1.73. The van der Waals surface area contributed by atoms with E-state index in [1.165, 1.54) is 0 Å². The number of hydrazone groups is 1. The van der Waals surface area contributed by atoms with E-state index in [4.69, 9.17) is 5.84 Å². The van der Waals surface area contributed by atoms with E-state index in [1.54, 1.807) is 0 Å². The van der Waals surface area contributed by atoms with Crippen molar-refractivity contribution >= 4 is 6.21 Å². The molecule has 0 spiro atoms. The normalized spacial score (nSPS) is 10.2. The van der Waals surface area contributed by atoms with Gasteiger partial charge in [-0.05, 0) is 6.42 Å². The van der Waals surface area contributed by atoms with Crippen molar-refractivity contribution < 1.29 is 5.10 Å². The maximum Gasteiger partial charge on any atom is 0.167 e. The number of nitrogens with one attached hydrogen (secondary N) is 1. The van der Waals surface area contributed by atoms with Gasteiger partial charge in [-0.15, -0.1) is 5.10 Å². The van der Waals surface area contributed by atoms with Gasteiger partial charge in [-0.25, -0.2) is 5.84 Å². The molecule has 0 amide bonds. The van der Waals surface area contributed by atoms with Crippen LogP contribution in [0.1, 0.15) is 19.8 Å². The smallest absolute Gasteiger partial charge is 0.167 e. The molecule has 0 bridgehead atoms. The van der Waals surface area contributed by atoms with Crippen LogP contribution in [0.4, 0.5) is 0 Å². The first-order valence-corrected chi connectivity index (χ1v) is 2.19. The van der Waals surface area contributed by atoms with Crippen LogP contribution in [0.5, 0.6) is 0 Å². The molecule has 2 nitrogen and oxygen atoms in total. The number of hydrazine groups is 1. The predicted molar refractivity (Wildman–Crippen MR) is 26.1 cm³/mol. The molecule has 2 heteroatoms. The van der Waals surface area contributed by atoms with Crippen LogP contribution in [0.3, 0.4) is 0 Å². The first kappa shape index (κ1) is 5.47. The lowest BCUT2D eigenvalue weighted by Gasteiger charge is -1.70. The third-order valence-electron chi connectivity index (χ3n) is 0.551. The first-order chi connectivity index (χ1) is 2.91. The van der Waals surface area contributed by atoms with Crippen LogP contribution < -0.4 is 10.9 Å². The second kappa shape index (κ2) is 4.47. The third-order valence-corrected chi connectivity index (χ3v) is 0.551. The number of unbranched alkanes of at least 4 members (excludes halogenated alkanes) is 1. The fraction of sp³-hybridized carbons (Fsp3) is 0.750. The van der Waals surface area contributed by atoms with Gasteiger partial charge in [-0.3, -0.25) is 0 Å². The van der Waals surface area contributed by atoms with E-state index in [0.717, 1.165) is 12.8 Å². The molecular formula is C4H11N2+. The Balaban J connectivity index is 2.66. The van der Waals surface area contributed by atoms with Crippen LogP contribution in [-0.2, 0) is 0 Å². The molecule has 0 aliphatic rings. The summed E-state index contributed by atoms with van der Waals surface area (Å²) in [5, 5.41) is 2.44. The highest BCUT2D eigenvalue weighted by atomic mass is 15.1. The quantitative estimate of drug-likeness (QED) is 0.248. The average Bonchev–Trinajstić information content (AvgIpc) is 1.61. The van der Waals surface area contributed by atoms with Crippen molar-refractivity contribution in [2.24, 2.45) is 5.84 Å². The zero-order valence-electron chi connectivity index (χ0n) is 4.07. The molecule has 0 aromatic carbocycles. The molecule has 6 heavy (non-hydrogen) atoms. The van der Waals surface area contributed by atoms with E-state index < -0.39 is 0 Å². The van der Waals surface area contributed by atoms with Crippen LogP contribution >= 0.6 is 0 Å². The topological polar surface area (TPSA) is 40.0 Å². The average molecular weight is 87.1 g/mol. The zero-order chi connectivity index (χ0) is 4.83. The summed E-state index contributed by atoms with van der Waals surface area (Å²) in [7, 11) is 0. The largest absolute Gasteiger partial charge is 0.213 e. The molecule has 0 heterocycles. The maximum atomic E-state index is 4.91. The van der Waals surface area contributed by atoms with Gasteiger partial charge in [0.15, 0.2) is 6.21 Å². The van der Waals surface area contributed by atoms with Gasteiger partial charge in [0.2, 0.25) is 0 Å². The summed E-state index contributed by atoms with van der Waals surface area (Å²) < 4.78 is 0. The monoisotopic (exact) mass is 87.1 g/mol. The zero-order valence-corrected chi connectivity index (χ0v) is 4.07. The Kier molecular flexibility index (Phi) is 4.08. The van der Waals surface area contributed by atoms with Crippen molar-refractivity contribution in [2.45, 2.75) is 19.8 Å². The molecule has 0 aromatic rings. The summed E-state index contributed by atoms with van der Waals surface area (Å²) in [6.45, 7) is 2.10. The van der Waals surface area contributed by atoms with Gasteiger partial charge in [0.1, 0.15) is 0 Å². The Hall–Kier alpha value is -0.530. The molecule has 0 fully saturated rings. The molecule has 3 N–H and O–H groups in total. The van der Waals surface area contributed by atoms with Crippen molar-refractivity contribution in [3.63, 3.8) is 0 Å². The van der Waals surface area contributed by atoms with Gasteiger partial charge in [-0.1, -0.05) is 6.92 Å². The predicted octanol–water partition coefficient (Wildman–Crippen LogP) is -1.19. The number of hydrogen-bond donors (Lipinski definition) is 2. The van der Waals surface area contributed by atoms with Gasteiger partial charge in [0.25, 0.3) is 0 Å². The molecule has 0 aliphatic carbocycles. The summed E-state index contributed by atoms with van der Waals surface area (Å²) in [4.78, 5) is 0. The minimum absolute atomic E-state index is 1.05. The number of hydrogen-bond acceptors (Lipinski definition) is 1. The van der Waals surface area contributed by atoms with E-state index in [0.29, 0.717) is 0 Å². The molecule has 0 unspecified atom stereocenters. The lowest BCUT2D eigenvalue weighted by molar-refractivity contribution is -0.465. The van der Waals surface area contributed by atoms with Gasteiger partial charge in [0, 0.05) is 6.42 Å². The highest BCUT2D eigenvalue weighted by Gasteiger charge is 1.72. The number of rotatable bonds is 2. The van der Waals surface area contributed by atoms with Crippen molar-refractivity contribution in [3.05, 3.63) is 0 Å². The Morgan fingerprint density at radius 3 is 2.67 bits per heavy atom. The van der Waals surface area contributed by atoms with E-state index in [-0.39, 0.29) is 0 Å². The Morgan fingerprint density at radius 2 is 2.50 bits per heavy atom. The van der Waals surface area contributed by atoms with E-state index in [2.05, 4.69) is 12.0 Å². The van der Waals surface area contributed by atoms with E-state index >= 15 is 0 Å².